The maximum atomic E-state index is 12.6. The highest BCUT2D eigenvalue weighted by molar-refractivity contribution is 6.00. The summed E-state index contributed by atoms with van der Waals surface area (Å²) in [7, 11) is 1.36. The van der Waals surface area contributed by atoms with Gasteiger partial charge in [0.1, 0.15) is 0 Å². The largest absolute Gasteiger partial charge is 0.465 e. The van der Waals surface area contributed by atoms with Gasteiger partial charge in [0, 0.05) is 38.1 Å². The van der Waals surface area contributed by atoms with Crippen LogP contribution in [0.15, 0.2) is 48.5 Å². The van der Waals surface area contributed by atoms with Gasteiger partial charge in [0.25, 0.3) is 0 Å². The molecule has 1 fully saturated rings. The monoisotopic (exact) mass is 409 g/mol. The first-order chi connectivity index (χ1) is 14.3. The summed E-state index contributed by atoms with van der Waals surface area (Å²) in [5, 5.41) is 3.02. The summed E-state index contributed by atoms with van der Waals surface area (Å²) in [4.78, 5) is 29.3. The molecule has 160 valence electrons. The molecule has 1 amide bonds. The van der Waals surface area contributed by atoms with Crippen molar-refractivity contribution in [2.45, 2.75) is 27.3 Å². The van der Waals surface area contributed by atoms with Crippen molar-refractivity contribution in [2.75, 3.05) is 43.5 Å². The minimum atomic E-state index is -0.535. The summed E-state index contributed by atoms with van der Waals surface area (Å²) >= 11 is 0. The number of hydrogen-bond acceptors (Lipinski definition) is 5. The number of esters is 1. The number of nitrogens with one attached hydrogen (secondary N) is 1. The van der Waals surface area contributed by atoms with Gasteiger partial charge in [-0.1, -0.05) is 51.1 Å². The fraction of sp³-hybridized carbons (Fsp3) is 0.417. The first kappa shape index (κ1) is 21.8. The molecule has 2 aromatic rings. The number of anilines is 2. The molecular formula is C24H31N3O3. The Hall–Kier alpha value is -2.86. The highest BCUT2D eigenvalue weighted by Crippen LogP contribution is 2.30. The second-order valence-electron chi connectivity index (χ2n) is 8.68. The van der Waals surface area contributed by atoms with E-state index in [2.05, 4.69) is 39.4 Å². The van der Waals surface area contributed by atoms with E-state index in [-0.39, 0.29) is 5.91 Å². The van der Waals surface area contributed by atoms with Crippen molar-refractivity contribution < 1.29 is 14.3 Å². The van der Waals surface area contributed by atoms with Crippen molar-refractivity contribution in [2.24, 2.45) is 5.41 Å². The Morgan fingerprint density at radius 1 is 1.00 bits per heavy atom. The molecule has 0 saturated carbocycles. The van der Waals surface area contributed by atoms with Crippen LogP contribution in [0.4, 0.5) is 11.4 Å². The summed E-state index contributed by atoms with van der Waals surface area (Å²) in [6.45, 7) is 10.1. The molecule has 3 rings (SSSR count). The van der Waals surface area contributed by atoms with Crippen LogP contribution >= 0.6 is 0 Å². The molecule has 0 unspecified atom stereocenters. The van der Waals surface area contributed by atoms with Gasteiger partial charge in [-0.05, 0) is 23.8 Å². The van der Waals surface area contributed by atoms with E-state index in [1.807, 2.05) is 32.9 Å². The molecule has 0 spiro atoms. The molecule has 1 heterocycles. The lowest BCUT2D eigenvalue weighted by Gasteiger charge is -2.37. The lowest BCUT2D eigenvalue weighted by Crippen LogP contribution is -2.46. The van der Waals surface area contributed by atoms with Gasteiger partial charge >= 0.3 is 5.97 Å². The zero-order valence-electron chi connectivity index (χ0n) is 18.3. The van der Waals surface area contributed by atoms with E-state index in [0.29, 0.717) is 11.3 Å². The van der Waals surface area contributed by atoms with Crippen LogP contribution in [0.25, 0.3) is 0 Å². The Morgan fingerprint density at radius 2 is 1.67 bits per heavy atom. The van der Waals surface area contributed by atoms with Crippen LogP contribution in [0.1, 0.15) is 36.7 Å². The molecule has 0 aromatic heterocycles. The molecule has 1 N–H and O–H groups in total. The first-order valence-corrected chi connectivity index (χ1v) is 10.3. The third-order valence-corrected chi connectivity index (χ3v) is 5.31. The van der Waals surface area contributed by atoms with Crippen molar-refractivity contribution in [3.8, 4) is 0 Å². The molecule has 2 aromatic carbocycles. The van der Waals surface area contributed by atoms with E-state index >= 15 is 0 Å². The summed E-state index contributed by atoms with van der Waals surface area (Å²) < 4.78 is 4.85. The van der Waals surface area contributed by atoms with Crippen LogP contribution in [0.5, 0.6) is 0 Å². The highest BCUT2D eigenvalue weighted by Gasteiger charge is 2.25. The predicted molar refractivity (Wildman–Crippen MR) is 120 cm³/mol. The number of amides is 1. The minimum Gasteiger partial charge on any atom is -0.465 e. The van der Waals surface area contributed by atoms with E-state index in [9.17, 15) is 9.59 Å². The van der Waals surface area contributed by atoms with Crippen molar-refractivity contribution in [3.63, 3.8) is 0 Å². The van der Waals surface area contributed by atoms with Gasteiger partial charge in [-0.2, -0.15) is 0 Å². The fourth-order valence-electron chi connectivity index (χ4n) is 3.46. The number of carbonyl (C=O) groups is 2. The Kier molecular flexibility index (Phi) is 6.77. The Labute approximate surface area is 178 Å². The number of piperazine rings is 1. The van der Waals surface area contributed by atoms with Gasteiger partial charge in [-0.15, -0.1) is 0 Å². The van der Waals surface area contributed by atoms with Gasteiger partial charge < -0.3 is 15.0 Å². The van der Waals surface area contributed by atoms with Crippen LogP contribution < -0.4 is 10.2 Å². The molecule has 0 atom stereocenters. The molecule has 6 nitrogen and oxygen atoms in total. The van der Waals surface area contributed by atoms with Crippen molar-refractivity contribution >= 4 is 23.3 Å². The zero-order chi connectivity index (χ0) is 21.7. The lowest BCUT2D eigenvalue weighted by molar-refractivity contribution is -0.123. The van der Waals surface area contributed by atoms with Crippen molar-refractivity contribution in [3.05, 3.63) is 59.7 Å². The van der Waals surface area contributed by atoms with Crippen LogP contribution in [-0.2, 0) is 16.1 Å². The second kappa shape index (κ2) is 9.30. The van der Waals surface area contributed by atoms with Crippen LogP contribution in [0.2, 0.25) is 0 Å². The van der Waals surface area contributed by atoms with Crippen LogP contribution in [0, 0.1) is 5.41 Å². The van der Waals surface area contributed by atoms with Crippen LogP contribution in [-0.4, -0.2) is 50.1 Å². The average molecular weight is 410 g/mol. The van der Waals surface area contributed by atoms with Crippen molar-refractivity contribution in [1.82, 2.24) is 4.90 Å². The molecular weight excluding hydrogens is 378 g/mol. The first-order valence-electron chi connectivity index (χ1n) is 10.3. The maximum Gasteiger partial charge on any atom is 0.337 e. The number of ether oxygens (including phenoxy) is 1. The summed E-state index contributed by atoms with van der Waals surface area (Å²) in [6, 6.07) is 15.8. The van der Waals surface area contributed by atoms with Gasteiger partial charge in [-0.25, -0.2) is 4.79 Å². The zero-order valence-corrected chi connectivity index (χ0v) is 18.3. The molecule has 6 heteroatoms. The number of methoxy groups -OCH3 is 1. The smallest absolute Gasteiger partial charge is 0.337 e. The van der Waals surface area contributed by atoms with E-state index in [4.69, 9.17) is 4.74 Å². The molecule has 1 aliphatic rings. The molecule has 30 heavy (non-hydrogen) atoms. The van der Waals surface area contributed by atoms with Gasteiger partial charge in [0.15, 0.2) is 0 Å². The SMILES string of the molecule is COC(=O)c1ccc(N2CCN(Cc3ccccc3)CC2)c(NC(=O)C(C)(C)C)c1. The standard InChI is InChI=1S/C24H31N3O3/c1-24(2,3)23(29)25-20-16-19(22(28)30-4)10-11-21(20)27-14-12-26(13-15-27)17-18-8-6-5-7-9-18/h5-11,16H,12-15,17H2,1-4H3,(H,25,29). The second-order valence-corrected chi connectivity index (χ2v) is 8.68. The Morgan fingerprint density at radius 3 is 2.27 bits per heavy atom. The number of hydrogen-bond donors (Lipinski definition) is 1. The predicted octanol–water partition coefficient (Wildman–Crippen LogP) is 3.78. The molecule has 0 radical (unpaired) electrons. The maximum absolute atomic E-state index is 12.6. The van der Waals surface area contributed by atoms with Crippen molar-refractivity contribution in [1.29, 1.82) is 0 Å². The number of nitrogens with zero attached hydrogens (tertiary/aromatic N) is 2. The van der Waals surface area contributed by atoms with Gasteiger partial charge in [0.05, 0.1) is 24.0 Å². The van der Waals surface area contributed by atoms with Gasteiger partial charge in [0.2, 0.25) is 5.91 Å². The summed E-state index contributed by atoms with van der Waals surface area (Å²) in [6.07, 6.45) is 0. The molecule has 1 saturated heterocycles. The number of benzene rings is 2. The third kappa shape index (κ3) is 5.39. The third-order valence-electron chi connectivity index (χ3n) is 5.31. The summed E-state index contributed by atoms with van der Waals surface area (Å²) in [5.41, 5.74) is 2.78. The summed E-state index contributed by atoms with van der Waals surface area (Å²) in [5.74, 6) is -0.506. The minimum absolute atomic E-state index is 0.0894. The highest BCUT2D eigenvalue weighted by atomic mass is 16.5. The van der Waals surface area contributed by atoms with Crippen LogP contribution in [0.3, 0.4) is 0 Å². The van der Waals surface area contributed by atoms with E-state index in [0.717, 1.165) is 38.4 Å². The van der Waals surface area contributed by atoms with Gasteiger partial charge in [-0.3, -0.25) is 9.69 Å². The fourth-order valence-corrected chi connectivity index (χ4v) is 3.46. The number of carbonyl (C=O) groups excluding carboxylic acids is 2. The molecule has 0 aliphatic carbocycles. The van der Waals surface area contributed by atoms with E-state index in [1.165, 1.54) is 12.7 Å². The normalized spacial score (nSPS) is 15.0. The Balaban J connectivity index is 1.76. The topological polar surface area (TPSA) is 61.9 Å². The Bertz CT molecular complexity index is 882. The average Bonchev–Trinajstić information content (AvgIpc) is 2.74. The molecule has 1 aliphatic heterocycles. The molecule has 0 bridgehead atoms. The van der Waals surface area contributed by atoms with E-state index in [1.54, 1.807) is 12.1 Å². The van der Waals surface area contributed by atoms with E-state index < -0.39 is 11.4 Å². The lowest BCUT2D eigenvalue weighted by atomic mass is 9.95. The quantitative estimate of drug-likeness (QED) is 0.762. The number of rotatable bonds is 5.